The van der Waals surface area contributed by atoms with E-state index in [9.17, 15) is 8.42 Å². The van der Waals surface area contributed by atoms with E-state index in [4.69, 9.17) is 5.73 Å². The maximum Gasteiger partial charge on any atom is 0.241 e. The molecule has 0 radical (unpaired) electrons. The van der Waals surface area contributed by atoms with E-state index in [1.165, 1.54) is 0 Å². The highest BCUT2D eigenvalue weighted by Gasteiger charge is 2.17. The number of halogens is 1. The summed E-state index contributed by atoms with van der Waals surface area (Å²) in [6.07, 6.45) is 4.78. The van der Waals surface area contributed by atoms with Crippen LogP contribution in [0.3, 0.4) is 0 Å². The minimum atomic E-state index is -3.55. The molecule has 114 valence electrons. The van der Waals surface area contributed by atoms with Gasteiger partial charge in [-0.15, -0.1) is 0 Å². The maximum atomic E-state index is 12.3. The zero-order chi connectivity index (χ0) is 15.3. The number of nitrogens with zero attached hydrogens (tertiary/aromatic N) is 1. The predicted molar refractivity (Wildman–Crippen MR) is 84.1 cm³/mol. The first-order chi connectivity index (χ1) is 10.0. The van der Waals surface area contributed by atoms with E-state index in [0.29, 0.717) is 30.4 Å². The van der Waals surface area contributed by atoms with Crippen molar-refractivity contribution in [1.29, 1.82) is 0 Å². The highest BCUT2D eigenvalue weighted by molar-refractivity contribution is 9.10. The summed E-state index contributed by atoms with van der Waals surface area (Å²) in [7, 11) is -3.55. The lowest BCUT2D eigenvalue weighted by Crippen LogP contribution is -2.25. The van der Waals surface area contributed by atoms with E-state index in [2.05, 4.69) is 30.6 Å². The van der Waals surface area contributed by atoms with E-state index in [1.807, 2.05) is 0 Å². The van der Waals surface area contributed by atoms with Gasteiger partial charge in [0, 0.05) is 36.4 Å². The van der Waals surface area contributed by atoms with Gasteiger partial charge in [-0.05, 0) is 40.0 Å². The molecule has 0 fully saturated rings. The summed E-state index contributed by atoms with van der Waals surface area (Å²) < 4.78 is 27.7. The van der Waals surface area contributed by atoms with Gasteiger partial charge in [-0.1, -0.05) is 6.07 Å². The van der Waals surface area contributed by atoms with Crippen LogP contribution in [0.15, 0.2) is 40.0 Å². The summed E-state index contributed by atoms with van der Waals surface area (Å²) >= 11 is 3.26. The molecular formula is C13H17BrN4O2S. The van der Waals surface area contributed by atoms with Crippen LogP contribution in [-0.4, -0.2) is 24.9 Å². The van der Waals surface area contributed by atoms with Gasteiger partial charge in [0.25, 0.3) is 0 Å². The fourth-order valence-corrected chi connectivity index (χ4v) is 3.94. The Labute approximate surface area is 132 Å². The first-order valence-electron chi connectivity index (χ1n) is 6.49. The second-order valence-corrected chi connectivity index (χ2v) is 7.10. The first-order valence-corrected chi connectivity index (χ1v) is 8.77. The molecule has 0 aliphatic heterocycles. The second kappa shape index (κ2) is 7.17. The number of H-pyrrole nitrogens is 1. The highest BCUT2D eigenvalue weighted by atomic mass is 79.9. The Balaban J connectivity index is 1.98. The van der Waals surface area contributed by atoms with Crippen molar-refractivity contribution in [3.8, 4) is 0 Å². The molecule has 1 heterocycles. The monoisotopic (exact) mass is 372 g/mol. The summed E-state index contributed by atoms with van der Waals surface area (Å²) in [5.74, 6) is 0.848. The molecule has 1 aromatic heterocycles. The molecule has 0 amide bonds. The third-order valence-corrected chi connectivity index (χ3v) is 5.41. The molecule has 0 saturated carbocycles. The Morgan fingerprint density at radius 1 is 1.38 bits per heavy atom. The molecule has 0 aliphatic carbocycles. The quantitative estimate of drug-likeness (QED) is 0.641. The van der Waals surface area contributed by atoms with Crippen molar-refractivity contribution in [3.63, 3.8) is 0 Å². The van der Waals surface area contributed by atoms with Crippen molar-refractivity contribution in [2.45, 2.75) is 24.3 Å². The van der Waals surface area contributed by atoms with Gasteiger partial charge in [-0.25, -0.2) is 18.1 Å². The van der Waals surface area contributed by atoms with Gasteiger partial charge in [0.2, 0.25) is 10.0 Å². The zero-order valence-corrected chi connectivity index (χ0v) is 13.7. The number of aromatic nitrogens is 2. The lowest BCUT2D eigenvalue weighted by Gasteiger charge is -2.09. The number of hydrogen-bond acceptors (Lipinski definition) is 4. The molecule has 4 N–H and O–H groups in total. The predicted octanol–water partition coefficient (Wildman–Crippen LogP) is 1.54. The molecule has 2 rings (SSSR count). The Hall–Kier alpha value is -1.22. The van der Waals surface area contributed by atoms with Crippen LogP contribution >= 0.6 is 15.9 Å². The Kier molecular flexibility index (Phi) is 5.51. The normalized spacial score (nSPS) is 11.7. The molecule has 0 unspecified atom stereocenters. The van der Waals surface area contributed by atoms with Crippen LogP contribution in [0.25, 0.3) is 0 Å². The summed E-state index contributed by atoms with van der Waals surface area (Å²) in [6.45, 7) is 0.649. The molecule has 0 atom stereocenters. The molecule has 2 aromatic rings. The average Bonchev–Trinajstić information content (AvgIpc) is 2.97. The van der Waals surface area contributed by atoms with Gasteiger partial charge in [0.05, 0.1) is 4.90 Å². The molecule has 6 nitrogen and oxygen atoms in total. The third kappa shape index (κ3) is 4.37. The largest absolute Gasteiger partial charge is 0.349 e. The maximum absolute atomic E-state index is 12.3. The number of benzene rings is 1. The van der Waals surface area contributed by atoms with Gasteiger partial charge < -0.3 is 10.7 Å². The third-order valence-electron chi connectivity index (χ3n) is 2.96. The SMILES string of the molecule is NCc1ccc(Br)c(S(=O)(=O)NCCCc2ncc[nH]2)c1. The lowest BCUT2D eigenvalue weighted by molar-refractivity contribution is 0.577. The molecule has 1 aromatic carbocycles. The van der Waals surface area contributed by atoms with Crippen molar-refractivity contribution in [2.75, 3.05) is 6.54 Å². The topological polar surface area (TPSA) is 101 Å². The molecular weight excluding hydrogens is 356 g/mol. The number of imidazole rings is 1. The van der Waals surface area contributed by atoms with Gasteiger partial charge in [0.1, 0.15) is 5.82 Å². The standard InChI is InChI=1S/C13H17BrN4O2S/c14-11-4-3-10(9-15)8-12(11)21(19,20)18-5-1-2-13-16-6-7-17-13/h3-4,6-8,18H,1-2,5,9,15H2,(H,16,17). The van der Waals surface area contributed by atoms with Crippen LogP contribution in [0.1, 0.15) is 17.8 Å². The van der Waals surface area contributed by atoms with Gasteiger partial charge in [-0.2, -0.15) is 0 Å². The summed E-state index contributed by atoms with van der Waals surface area (Å²) in [4.78, 5) is 7.28. The van der Waals surface area contributed by atoms with Crippen molar-refractivity contribution in [3.05, 3.63) is 46.5 Å². The van der Waals surface area contributed by atoms with Crippen LogP contribution in [-0.2, 0) is 23.0 Å². The van der Waals surface area contributed by atoms with E-state index >= 15 is 0 Å². The molecule has 0 bridgehead atoms. The van der Waals surface area contributed by atoms with Crippen LogP contribution in [0.5, 0.6) is 0 Å². The fourth-order valence-electron chi connectivity index (χ4n) is 1.86. The van der Waals surface area contributed by atoms with Gasteiger partial charge >= 0.3 is 0 Å². The van der Waals surface area contributed by atoms with Gasteiger partial charge in [-0.3, -0.25) is 0 Å². The second-order valence-electron chi connectivity index (χ2n) is 4.51. The van der Waals surface area contributed by atoms with Gasteiger partial charge in [0.15, 0.2) is 0 Å². The van der Waals surface area contributed by atoms with Crippen molar-refractivity contribution in [1.82, 2.24) is 14.7 Å². The Morgan fingerprint density at radius 3 is 2.86 bits per heavy atom. The molecule has 0 spiro atoms. The molecule has 0 saturated heterocycles. The van der Waals surface area contributed by atoms with Crippen LogP contribution in [0, 0.1) is 0 Å². The summed E-state index contributed by atoms with van der Waals surface area (Å²) in [5.41, 5.74) is 6.32. The number of aromatic amines is 1. The number of nitrogens with two attached hydrogens (primary N) is 1. The van der Waals surface area contributed by atoms with Crippen LogP contribution in [0.2, 0.25) is 0 Å². The number of rotatable bonds is 7. The number of hydrogen-bond donors (Lipinski definition) is 3. The van der Waals surface area contributed by atoms with Crippen LogP contribution in [0.4, 0.5) is 0 Å². The number of nitrogens with one attached hydrogen (secondary N) is 2. The van der Waals surface area contributed by atoms with Crippen LogP contribution < -0.4 is 10.5 Å². The summed E-state index contributed by atoms with van der Waals surface area (Å²) in [5, 5.41) is 0. The highest BCUT2D eigenvalue weighted by Crippen LogP contribution is 2.23. The summed E-state index contributed by atoms with van der Waals surface area (Å²) in [6, 6.07) is 5.07. The minimum Gasteiger partial charge on any atom is -0.349 e. The fraction of sp³-hybridized carbons (Fsp3) is 0.308. The van der Waals surface area contributed by atoms with E-state index in [0.717, 1.165) is 11.4 Å². The van der Waals surface area contributed by atoms with Crippen molar-refractivity contribution >= 4 is 26.0 Å². The average molecular weight is 373 g/mol. The van der Waals surface area contributed by atoms with E-state index < -0.39 is 10.0 Å². The zero-order valence-electron chi connectivity index (χ0n) is 11.3. The molecule has 21 heavy (non-hydrogen) atoms. The number of aryl methyl sites for hydroxylation is 1. The first kappa shape index (κ1) is 16.2. The van der Waals surface area contributed by atoms with Crippen molar-refractivity contribution < 1.29 is 8.42 Å². The minimum absolute atomic E-state index is 0.212. The Bertz CT molecular complexity index is 686. The number of sulfonamides is 1. The van der Waals surface area contributed by atoms with E-state index in [-0.39, 0.29) is 4.90 Å². The Morgan fingerprint density at radius 2 is 2.19 bits per heavy atom. The van der Waals surface area contributed by atoms with Crippen molar-refractivity contribution in [2.24, 2.45) is 5.73 Å². The van der Waals surface area contributed by atoms with E-state index in [1.54, 1.807) is 30.6 Å². The molecule has 8 heteroatoms. The lowest BCUT2D eigenvalue weighted by atomic mass is 10.2. The molecule has 0 aliphatic rings. The smallest absolute Gasteiger partial charge is 0.241 e.